The van der Waals surface area contributed by atoms with Gasteiger partial charge in [-0.3, -0.25) is 9.59 Å². The maximum Gasteiger partial charge on any atom is 0.253 e. The molecule has 2 rings (SSSR count). The fraction of sp³-hybridized carbons (Fsp3) is 0.263. The maximum atomic E-state index is 12.7. The standard InChI is InChI=1S/C19H19Cl3N2O2S/c1-11-3-5-13(10-15(11)21)23-19(26)17(7-8-27-2)24-18(25)14-6-4-12(20)9-16(14)22/h3-6,9-10,17H,7-8H2,1-2H3,(H,23,26)(H,24,25). The van der Waals surface area contributed by atoms with Gasteiger partial charge < -0.3 is 10.6 Å². The summed E-state index contributed by atoms with van der Waals surface area (Å²) in [5.41, 5.74) is 1.75. The first-order chi connectivity index (χ1) is 12.8. The van der Waals surface area contributed by atoms with Gasteiger partial charge in [-0.05, 0) is 61.2 Å². The van der Waals surface area contributed by atoms with Crippen molar-refractivity contribution in [2.45, 2.75) is 19.4 Å². The second-order valence-corrected chi connectivity index (χ2v) is 8.12. The number of rotatable bonds is 7. The first kappa shape index (κ1) is 21.9. The van der Waals surface area contributed by atoms with Crippen LogP contribution in [-0.2, 0) is 4.79 Å². The fourth-order valence-electron chi connectivity index (χ4n) is 2.31. The average molecular weight is 446 g/mol. The topological polar surface area (TPSA) is 58.2 Å². The molecule has 0 saturated carbocycles. The van der Waals surface area contributed by atoms with Gasteiger partial charge in [0.25, 0.3) is 5.91 Å². The fourth-order valence-corrected chi connectivity index (χ4v) is 3.46. The molecule has 2 amide bonds. The Morgan fingerprint density at radius 3 is 2.44 bits per heavy atom. The minimum Gasteiger partial charge on any atom is -0.340 e. The van der Waals surface area contributed by atoms with Crippen molar-refractivity contribution in [1.29, 1.82) is 0 Å². The van der Waals surface area contributed by atoms with E-state index in [0.29, 0.717) is 27.9 Å². The number of carbonyl (C=O) groups is 2. The van der Waals surface area contributed by atoms with Gasteiger partial charge in [-0.25, -0.2) is 0 Å². The molecule has 1 atom stereocenters. The predicted molar refractivity (Wildman–Crippen MR) is 116 cm³/mol. The Morgan fingerprint density at radius 1 is 1.07 bits per heavy atom. The molecule has 2 N–H and O–H groups in total. The van der Waals surface area contributed by atoms with Crippen LogP contribution in [0.3, 0.4) is 0 Å². The largest absolute Gasteiger partial charge is 0.340 e. The number of carbonyl (C=O) groups excluding carboxylic acids is 2. The maximum absolute atomic E-state index is 12.7. The Hall–Kier alpha value is -1.40. The number of halogens is 3. The van der Waals surface area contributed by atoms with Crippen molar-refractivity contribution < 1.29 is 9.59 Å². The highest BCUT2D eigenvalue weighted by atomic mass is 35.5. The summed E-state index contributed by atoms with van der Waals surface area (Å²) in [6.07, 6.45) is 2.41. The number of hydrogen-bond donors (Lipinski definition) is 2. The first-order valence-corrected chi connectivity index (χ1v) is 10.7. The number of hydrogen-bond acceptors (Lipinski definition) is 3. The number of benzene rings is 2. The summed E-state index contributed by atoms with van der Waals surface area (Å²) in [7, 11) is 0. The van der Waals surface area contributed by atoms with E-state index >= 15 is 0 Å². The third kappa shape index (κ3) is 6.32. The molecule has 0 saturated heterocycles. The van der Waals surface area contributed by atoms with Crippen LogP contribution in [0.2, 0.25) is 15.1 Å². The summed E-state index contributed by atoms with van der Waals surface area (Å²) < 4.78 is 0. The molecule has 0 aromatic heterocycles. The van der Waals surface area contributed by atoms with Crippen LogP contribution in [0.4, 0.5) is 5.69 Å². The molecule has 0 aliphatic heterocycles. The van der Waals surface area contributed by atoms with E-state index in [1.807, 2.05) is 19.2 Å². The third-order valence-electron chi connectivity index (χ3n) is 3.85. The zero-order chi connectivity index (χ0) is 20.0. The molecule has 8 heteroatoms. The van der Waals surface area contributed by atoms with Crippen molar-refractivity contribution in [3.05, 3.63) is 62.6 Å². The summed E-state index contributed by atoms with van der Waals surface area (Å²) in [5, 5.41) is 6.77. The molecule has 0 fully saturated rings. The van der Waals surface area contributed by atoms with Gasteiger partial charge in [0, 0.05) is 15.7 Å². The highest BCUT2D eigenvalue weighted by molar-refractivity contribution is 7.98. The normalized spacial score (nSPS) is 11.7. The number of thioether (sulfide) groups is 1. The van der Waals surface area contributed by atoms with Gasteiger partial charge in [0.1, 0.15) is 6.04 Å². The van der Waals surface area contributed by atoms with E-state index in [2.05, 4.69) is 10.6 Å². The average Bonchev–Trinajstić information content (AvgIpc) is 2.61. The molecule has 2 aromatic rings. The Kier molecular flexibility index (Phi) is 8.29. The van der Waals surface area contributed by atoms with Gasteiger partial charge in [-0.2, -0.15) is 11.8 Å². The molecule has 0 heterocycles. The summed E-state index contributed by atoms with van der Waals surface area (Å²) in [5.74, 6) is -0.0382. The molecule has 0 bridgehead atoms. The van der Waals surface area contributed by atoms with Crippen molar-refractivity contribution in [1.82, 2.24) is 5.32 Å². The van der Waals surface area contributed by atoms with Crippen LogP contribution in [0.1, 0.15) is 22.3 Å². The van der Waals surface area contributed by atoms with Gasteiger partial charge >= 0.3 is 0 Å². The highest BCUT2D eigenvalue weighted by Crippen LogP contribution is 2.22. The van der Waals surface area contributed by atoms with E-state index in [9.17, 15) is 9.59 Å². The zero-order valence-corrected chi connectivity index (χ0v) is 17.9. The lowest BCUT2D eigenvalue weighted by molar-refractivity contribution is -0.118. The zero-order valence-electron chi connectivity index (χ0n) is 14.8. The Labute approximate surface area is 177 Å². The van der Waals surface area contributed by atoms with Crippen LogP contribution >= 0.6 is 46.6 Å². The van der Waals surface area contributed by atoms with E-state index < -0.39 is 11.9 Å². The molecule has 0 spiro atoms. The van der Waals surface area contributed by atoms with Crippen LogP contribution < -0.4 is 10.6 Å². The molecule has 0 aliphatic carbocycles. The van der Waals surface area contributed by atoms with Gasteiger partial charge in [0.2, 0.25) is 5.91 Å². The molecule has 1 unspecified atom stereocenters. The van der Waals surface area contributed by atoms with E-state index in [1.54, 1.807) is 30.0 Å². The van der Waals surface area contributed by atoms with Crippen molar-refractivity contribution in [3.8, 4) is 0 Å². The van der Waals surface area contributed by atoms with E-state index in [0.717, 1.165) is 5.56 Å². The SMILES string of the molecule is CSCCC(NC(=O)c1ccc(Cl)cc1Cl)C(=O)Nc1ccc(C)c(Cl)c1. The van der Waals surface area contributed by atoms with E-state index in [-0.39, 0.29) is 16.5 Å². The molecule has 27 heavy (non-hydrogen) atoms. The third-order valence-corrected chi connectivity index (χ3v) is 5.45. The van der Waals surface area contributed by atoms with Crippen LogP contribution in [0.25, 0.3) is 0 Å². The lowest BCUT2D eigenvalue weighted by Gasteiger charge is -2.19. The monoisotopic (exact) mass is 444 g/mol. The Morgan fingerprint density at radius 2 is 1.81 bits per heavy atom. The highest BCUT2D eigenvalue weighted by Gasteiger charge is 2.22. The summed E-state index contributed by atoms with van der Waals surface area (Å²) >= 11 is 19.7. The Bertz CT molecular complexity index is 846. The van der Waals surface area contributed by atoms with Crippen LogP contribution in [-0.4, -0.2) is 29.9 Å². The second-order valence-electron chi connectivity index (χ2n) is 5.88. The number of anilines is 1. The van der Waals surface area contributed by atoms with Crippen molar-refractivity contribution in [2.75, 3.05) is 17.3 Å². The lowest BCUT2D eigenvalue weighted by Crippen LogP contribution is -2.44. The van der Waals surface area contributed by atoms with Gasteiger partial charge in [-0.1, -0.05) is 40.9 Å². The van der Waals surface area contributed by atoms with Crippen LogP contribution in [0, 0.1) is 6.92 Å². The molecular formula is C19H19Cl3N2O2S. The molecular weight excluding hydrogens is 427 g/mol. The molecule has 0 aliphatic rings. The van der Waals surface area contributed by atoms with E-state index in [4.69, 9.17) is 34.8 Å². The Balaban J connectivity index is 2.14. The van der Waals surface area contributed by atoms with Crippen molar-refractivity contribution in [2.24, 2.45) is 0 Å². The quantitative estimate of drug-likeness (QED) is 0.596. The molecule has 0 radical (unpaired) electrons. The minimum atomic E-state index is -0.711. The van der Waals surface area contributed by atoms with Crippen LogP contribution in [0.15, 0.2) is 36.4 Å². The van der Waals surface area contributed by atoms with Crippen molar-refractivity contribution in [3.63, 3.8) is 0 Å². The van der Waals surface area contributed by atoms with E-state index in [1.165, 1.54) is 12.1 Å². The van der Waals surface area contributed by atoms with Crippen molar-refractivity contribution >= 4 is 64.1 Å². The van der Waals surface area contributed by atoms with Gasteiger partial charge in [0.15, 0.2) is 0 Å². The molecule has 2 aromatic carbocycles. The summed E-state index contributed by atoms with van der Waals surface area (Å²) in [4.78, 5) is 25.2. The van der Waals surface area contributed by atoms with Crippen LogP contribution in [0.5, 0.6) is 0 Å². The first-order valence-electron chi connectivity index (χ1n) is 8.13. The second kappa shape index (κ2) is 10.2. The lowest BCUT2D eigenvalue weighted by atomic mass is 10.1. The minimum absolute atomic E-state index is 0.231. The smallest absolute Gasteiger partial charge is 0.253 e. The number of aryl methyl sites for hydroxylation is 1. The summed E-state index contributed by atoms with van der Waals surface area (Å²) in [6, 6.07) is 9.15. The van der Waals surface area contributed by atoms with Gasteiger partial charge in [-0.15, -0.1) is 0 Å². The molecule has 4 nitrogen and oxygen atoms in total. The number of amides is 2. The summed E-state index contributed by atoms with van der Waals surface area (Å²) in [6.45, 7) is 1.88. The predicted octanol–water partition coefficient (Wildman–Crippen LogP) is 5.45. The van der Waals surface area contributed by atoms with Gasteiger partial charge in [0.05, 0.1) is 10.6 Å². The number of nitrogens with one attached hydrogen (secondary N) is 2. The molecule has 144 valence electrons.